The monoisotopic (exact) mass is 210 g/mol. The van der Waals surface area contributed by atoms with Gasteiger partial charge in [0.15, 0.2) is 0 Å². The van der Waals surface area contributed by atoms with Gasteiger partial charge in [-0.2, -0.15) is 0 Å². The summed E-state index contributed by atoms with van der Waals surface area (Å²) in [6.45, 7) is 5.27. The maximum absolute atomic E-state index is 6.32. The van der Waals surface area contributed by atoms with Crippen LogP contribution in [-0.4, -0.2) is 43.3 Å². The first-order valence-corrected chi connectivity index (χ1v) is 6.34. The van der Waals surface area contributed by atoms with Crippen LogP contribution in [0.4, 0.5) is 0 Å². The average Bonchev–Trinajstić information content (AvgIpc) is 2.80. The van der Waals surface area contributed by atoms with E-state index in [-0.39, 0.29) is 5.54 Å². The largest absolute Gasteiger partial charge is 0.379 e. The van der Waals surface area contributed by atoms with E-state index < -0.39 is 0 Å². The lowest BCUT2D eigenvalue weighted by Gasteiger charge is -2.28. The lowest BCUT2D eigenvalue weighted by Crippen LogP contribution is -2.50. The normalized spacial score (nSPS) is 46.2. The van der Waals surface area contributed by atoms with Crippen LogP contribution >= 0.6 is 0 Å². The van der Waals surface area contributed by atoms with Crippen molar-refractivity contribution in [2.45, 2.75) is 31.2 Å². The van der Waals surface area contributed by atoms with Crippen LogP contribution in [0.3, 0.4) is 0 Å². The quantitative estimate of drug-likeness (QED) is 0.734. The van der Waals surface area contributed by atoms with Gasteiger partial charge in [0.05, 0.1) is 12.1 Å². The summed E-state index contributed by atoms with van der Waals surface area (Å²) in [7, 11) is 0. The molecule has 0 radical (unpaired) electrons. The van der Waals surface area contributed by atoms with E-state index >= 15 is 0 Å². The Bertz CT molecular complexity index is 226. The number of fused-ring (bicyclic) bond motifs is 1. The minimum atomic E-state index is -0.0430. The third kappa shape index (κ3) is 1.93. The second kappa shape index (κ2) is 3.72. The highest BCUT2D eigenvalue weighted by molar-refractivity contribution is 4.96. The van der Waals surface area contributed by atoms with Crippen molar-refractivity contribution in [3.63, 3.8) is 0 Å². The Labute approximate surface area is 91.9 Å². The first-order chi connectivity index (χ1) is 7.25. The van der Waals surface area contributed by atoms with E-state index in [1.54, 1.807) is 0 Å². The van der Waals surface area contributed by atoms with Gasteiger partial charge >= 0.3 is 0 Å². The Balaban J connectivity index is 1.56. The minimum Gasteiger partial charge on any atom is -0.379 e. The molecule has 3 aliphatic rings. The van der Waals surface area contributed by atoms with Gasteiger partial charge in [0.25, 0.3) is 0 Å². The zero-order valence-electron chi connectivity index (χ0n) is 9.45. The van der Waals surface area contributed by atoms with Crippen LogP contribution in [0, 0.1) is 11.8 Å². The van der Waals surface area contributed by atoms with Crippen LogP contribution in [0.15, 0.2) is 0 Å². The molecule has 3 nitrogen and oxygen atoms in total. The SMILES string of the molecule is NC1(CN2CC3CCCC3C2)CCOC1. The summed E-state index contributed by atoms with van der Waals surface area (Å²) in [5, 5.41) is 0. The van der Waals surface area contributed by atoms with Gasteiger partial charge in [-0.15, -0.1) is 0 Å². The first kappa shape index (κ1) is 10.1. The zero-order valence-corrected chi connectivity index (χ0v) is 9.45. The van der Waals surface area contributed by atoms with Gasteiger partial charge in [-0.1, -0.05) is 6.42 Å². The summed E-state index contributed by atoms with van der Waals surface area (Å²) in [6.07, 6.45) is 5.41. The number of rotatable bonds is 2. The fraction of sp³-hybridized carbons (Fsp3) is 1.00. The van der Waals surface area contributed by atoms with Gasteiger partial charge in [-0.25, -0.2) is 0 Å². The van der Waals surface area contributed by atoms with Gasteiger partial charge in [0, 0.05) is 26.2 Å². The van der Waals surface area contributed by atoms with Crippen molar-refractivity contribution in [3.8, 4) is 0 Å². The maximum Gasteiger partial charge on any atom is 0.0659 e. The molecule has 0 bridgehead atoms. The van der Waals surface area contributed by atoms with Crippen molar-refractivity contribution in [3.05, 3.63) is 0 Å². The lowest BCUT2D eigenvalue weighted by atomic mass is 10.00. The molecule has 2 N–H and O–H groups in total. The molecule has 3 atom stereocenters. The molecule has 2 heterocycles. The minimum absolute atomic E-state index is 0.0430. The van der Waals surface area contributed by atoms with Gasteiger partial charge in [0.1, 0.15) is 0 Å². The van der Waals surface area contributed by atoms with Gasteiger partial charge in [-0.3, -0.25) is 0 Å². The fourth-order valence-corrected chi connectivity index (χ4v) is 3.65. The Morgan fingerprint density at radius 1 is 1.27 bits per heavy atom. The summed E-state index contributed by atoms with van der Waals surface area (Å²) in [5.41, 5.74) is 6.28. The summed E-state index contributed by atoms with van der Waals surface area (Å²) in [5.74, 6) is 1.96. The predicted octanol–water partition coefficient (Wildman–Crippen LogP) is 0.836. The number of hydrogen-bond donors (Lipinski definition) is 1. The highest BCUT2D eigenvalue weighted by Gasteiger charge is 2.40. The van der Waals surface area contributed by atoms with E-state index in [9.17, 15) is 0 Å². The Morgan fingerprint density at radius 2 is 2.00 bits per heavy atom. The van der Waals surface area contributed by atoms with E-state index in [1.807, 2.05) is 0 Å². The molecule has 86 valence electrons. The van der Waals surface area contributed by atoms with E-state index in [1.165, 1.54) is 32.4 Å². The molecule has 0 aromatic rings. The van der Waals surface area contributed by atoms with Crippen molar-refractivity contribution in [2.24, 2.45) is 17.6 Å². The Morgan fingerprint density at radius 3 is 2.60 bits per heavy atom. The number of hydrogen-bond acceptors (Lipinski definition) is 3. The third-order valence-electron chi connectivity index (χ3n) is 4.47. The number of nitrogens with two attached hydrogens (primary N) is 1. The third-order valence-corrected chi connectivity index (χ3v) is 4.47. The highest BCUT2D eigenvalue weighted by Crippen LogP contribution is 2.38. The van der Waals surface area contributed by atoms with Gasteiger partial charge in [-0.05, 0) is 31.1 Å². The molecule has 2 aliphatic heterocycles. The van der Waals surface area contributed by atoms with Crippen LogP contribution in [0.5, 0.6) is 0 Å². The molecule has 0 spiro atoms. The highest BCUT2D eigenvalue weighted by atomic mass is 16.5. The molecule has 0 aromatic heterocycles. The van der Waals surface area contributed by atoms with Crippen molar-refractivity contribution in [1.82, 2.24) is 4.90 Å². The molecule has 1 saturated carbocycles. The van der Waals surface area contributed by atoms with E-state index in [2.05, 4.69) is 4.90 Å². The molecular formula is C12H22N2O. The van der Waals surface area contributed by atoms with Crippen molar-refractivity contribution >= 4 is 0 Å². The molecule has 0 aromatic carbocycles. The smallest absolute Gasteiger partial charge is 0.0659 e. The summed E-state index contributed by atoms with van der Waals surface area (Å²) in [4.78, 5) is 2.59. The Hall–Kier alpha value is -0.120. The second-order valence-corrected chi connectivity index (χ2v) is 5.81. The fourth-order valence-electron chi connectivity index (χ4n) is 3.65. The molecule has 1 aliphatic carbocycles. The first-order valence-electron chi connectivity index (χ1n) is 6.34. The molecular weight excluding hydrogens is 188 g/mol. The van der Waals surface area contributed by atoms with Gasteiger partial charge < -0.3 is 15.4 Å². The topological polar surface area (TPSA) is 38.5 Å². The Kier molecular flexibility index (Phi) is 2.49. The average molecular weight is 210 g/mol. The number of nitrogens with zero attached hydrogens (tertiary/aromatic N) is 1. The van der Waals surface area contributed by atoms with Crippen LogP contribution in [0.25, 0.3) is 0 Å². The van der Waals surface area contributed by atoms with Crippen LogP contribution < -0.4 is 5.73 Å². The summed E-state index contributed by atoms with van der Waals surface area (Å²) >= 11 is 0. The second-order valence-electron chi connectivity index (χ2n) is 5.81. The molecule has 3 heteroatoms. The predicted molar refractivity (Wildman–Crippen MR) is 59.6 cm³/mol. The number of likely N-dealkylation sites (tertiary alicyclic amines) is 1. The van der Waals surface area contributed by atoms with Crippen LogP contribution in [-0.2, 0) is 4.74 Å². The molecule has 2 saturated heterocycles. The molecule has 3 unspecified atom stereocenters. The standard InChI is InChI=1S/C12H22N2O/c13-12(4-5-15-9-12)8-14-6-10-2-1-3-11(10)7-14/h10-11H,1-9,13H2. The molecule has 15 heavy (non-hydrogen) atoms. The van der Waals surface area contributed by atoms with Crippen molar-refractivity contribution in [1.29, 1.82) is 0 Å². The van der Waals surface area contributed by atoms with Crippen LogP contribution in [0.1, 0.15) is 25.7 Å². The van der Waals surface area contributed by atoms with Crippen molar-refractivity contribution in [2.75, 3.05) is 32.8 Å². The molecule has 3 rings (SSSR count). The van der Waals surface area contributed by atoms with Crippen LogP contribution in [0.2, 0.25) is 0 Å². The van der Waals surface area contributed by atoms with E-state index in [4.69, 9.17) is 10.5 Å². The molecule has 3 fully saturated rings. The van der Waals surface area contributed by atoms with Crippen molar-refractivity contribution < 1.29 is 4.74 Å². The maximum atomic E-state index is 6.32. The van der Waals surface area contributed by atoms with Gasteiger partial charge in [0.2, 0.25) is 0 Å². The molecule has 0 amide bonds. The van der Waals surface area contributed by atoms with E-state index in [0.717, 1.165) is 38.0 Å². The zero-order chi connectivity index (χ0) is 10.3. The summed E-state index contributed by atoms with van der Waals surface area (Å²) < 4.78 is 5.41. The lowest BCUT2D eigenvalue weighted by molar-refractivity contribution is 0.158. The summed E-state index contributed by atoms with van der Waals surface area (Å²) in [6, 6.07) is 0. The van der Waals surface area contributed by atoms with E-state index in [0.29, 0.717) is 0 Å². The number of ether oxygens (including phenoxy) is 1.